The van der Waals surface area contributed by atoms with E-state index in [0.29, 0.717) is 6.42 Å². The smallest absolute Gasteiger partial charge is 0.120 e. The Morgan fingerprint density at radius 1 is 1.60 bits per heavy atom. The second-order valence-electron chi connectivity index (χ2n) is 2.92. The lowest BCUT2D eigenvalue weighted by atomic mass is 10.1. The monoisotopic (exact) mass is 178 g/mol. The van der Waals surface area contributed by atoms with Crippen LogP contribution in [0.15, 0.2) is 0 Å². The fraction of sp³-hybridized carbons (Fsp3) is 0.857. The molecule has 0 saturated heterocycles. The standard InChI is InChI=1S/C7H14OS2/c1-7(2,10(3)9)5-4-6-8/h6H,4-5H2,1-3H3. The molecule has 1 atom stereocenters. The highest BCUT2D eigenvalue weighted by atomic mass is 32.8. The quantitative estimate of drug-likeness (QED) is 0.606. The molecular formula is C7H14OS2. The third-order valence-corrected chi connectivity index (χ3v) is 4.76. The minimum absolute atomic E-state index is 0.00295. The normalized spacial score (nSPS) is 14.7. The molecule has 60 valence electrons. The van der Waals surface area contributed by atoms with Crippen LogP contribution < -0.4 is 0 Å². The molecule has 3 heteroatoms. The van der Waals surface area contributed by atoms with Gasteiger partial charge in [-0.05, 0) is 12.7 Å². The predicted octanol–water partition coefficient (Wildman–Crippen LogP) is 1.45. The first kappa shape index (κ1) is 10.2. The van der Waals surface area contributed by atoms with Gasteiger partial charge in [-0.3, -0.25) is 0 Å². The van der Waals surface area contributed by atoms with Gasteiger partial charge in [0, 0.05) is 11.2 Å². The van der Waals surface area contributed by atoms with Gasteiger partial charge >= 0.3 is 0 Å². The molecule has 0 aromatic rings. The van der Waals surface area contributed by atoms with Crippen LogP contribution in [0, 0.1) is 0 Å². The first-order valence-corrected chi connectivity index (χ1v) is 5.83. The van der Waals surface area contributed by atoms with Crippen molar-refractivity contribution in [1.82, 2.24) is 0 Å². The molecule has 0 bridgehead atoms. The van der Waals surface area contributed by atoms with E-state index >= 15 is 0 Å². The lowest BCUT2D eigenvalue weighted by Crippen LogP contribution is -2.24. The zero-order valence-electron chi connectivity index (χ0n) is 6.72. The van der Waals surface area contributed by atoms with E-state index in [1.54, 1.807) is 0 Å². The Labute approximate surface area is 69.8 Å². The molecule has 0 amide bonds. The second kappa shape index (κ2) is 4.19. The van der Waals surface area contributed by atoms with Gasteiger partial charge in [0.25, 0.3) is 0 Å². The largest absolute Gasteiger partial charge is 0.303 e. The average Bonchev–Trinajstić information content (AvgIpc) is 1.84. The van der Waals surface area contributed by atoms with Gasteiger partial charge in [0.05, 0.1) is 0 Å². The molecule has 0 aromatic carbocycles. The molecule has 1 nitrogen and oxygen atoms in total. The number of aldehydes is 1. The van der Waals surface area contributed by atoms with Crippen LogP contribution in [0.4, 0.5) is 0 Å². The van der Waals surface area contributed by atoms with E-state index in [1.807, 2.05) is 6.26 Å². The van der Waals surface area contributed by atoms with Crippen molar-refractivity contribution in [3.8, 4) is 0 Å². The summed E-state index contributed by atoms with van der Waals surface area (Å²) >= 11 is 5.14. The van der Waals surface area contributed by atoms with Crippen molar-refractivity contribution in [3.63, 3.8) is 0 Å². The molecular weight excluding hydrogens is 164 g/mol. The van der Waals surface area contributed by atoms with Crippen molar-refractivity contribution >= 4 is 26.9 Å². The van der Waals surface area contributed by atoms with Gasteiger partial charge in [0.2, 0.25) is 0 Å². The van der Waals surface area contributed by atoms with Crippen molar-refractivity contribution in [1.29, 1.82) is 0 Å². The van der Waals surface area contributed by atoms with E-state index in [0.717, 1.165) is 12.7 Å². The Hall–Kier alpha value is 0.240. The first-order valence-electron chi connectivity index (χ1n) is 3.28. The summed E-state index contributed by atoms with van der Waals surface area (Å²) in [4.78, 5) is 10.0. The van der Waals surface area contributed by atoms with E-state index in [1.165, 1.54) is 0 Å². The zero-order chi connectivity index (χ0) is 8.20. The van der Waals surface area contributed by atoms with Crippen LogP contribution in [0.3, 0.4) is 0 Å². The van der Waals surface area contributed by atoms with Crippen LogP contribution in [-0.2, 0) is 25.4 Å². The molecule has 0 aliphatic heterocycles. The number of hydrogen-bond donors (Lipinski definition) is 0. The Morgan fingerprint density at radius 2 is 2.10 bits per heavy atom. The molecule has 0 N–H and O–H groups in total. The van der Waals surface area contributed by atoms with E-state index < -0.39 is 0 Å². The highest BCUT2D eigenvalue weighted by Gasteiger charge is 2.17. The molecule has 0 aromatic heterocycles. The number of rotatable bonds is 4. The highest BCUT2D eigenvalue weighted by molar-refractivity contribution is 8.29. The Bertz CT molecular complexity index is 141. The van der Waals surface area contributed by atoms with Crippen molar-refractivity contribution in [3.05, 3.63) is 0 Å². The van der Waals surface area contributed by atoms with E-state index in [-0.39, 0.29) is 14.2 Å². The van der Waals surface area contributed by atoms with E-state index in [9.17, 15) is 4.79 Å². The van der Waals surface area contributed by atoms with Crippen LogP contribution in [0.2, 0.25) is 0 Å². The molecule has 0 saturated carbocycles. The lowest BCUT2D eigenvalue weighted by molar-refractivity contribution is -0.108. The fourth-order valence-electron chi connectivity index (χ4n) is 0.550. The fourth-order valence-corrected chi connectivity index (χ4v) is 1.21. The minimum Gasteiger partial charge on any atom is -0.303 e. The summed E-state index contributed by atoms with van der Waals surface area (Å²) < 4.78 is 0.163. The molecule has 0 heterocycles. The SMILES string of the molecule is CS(=S)C(C)(C)CCC=O. The summed E-state index contributed by atoms with van der Waals surface area (Å²) in [5.74, 6) is 0. The van der Waals surface area contributed by atoms with Crippen LogP contribution in [-0.4, -0.2) is 17.3 Å². The van der Waals surface area contributed by atoms with Crippen LogP contribution >= 0.6 is 0 Å². The summed E-state index contributed by atoms with van der Waals surface area (Å²) in [5, 5.41) is 0. The van der Waals surface area contributed by atoms with Gasteiger partial charge < -0.3 is 4.79 Å². The minimum atomic E-state index is -0.00295. The summed E-state index contributed by atoms with van der Waals surface area (Å²) in [6.45, 7) is 4.24. The molecule has 0 aliphatic carbocycles. The van der Waals surface area contributed by atoms with Gasteiger partial charge in [-0.1, -0.05) is 25.0 Å². The maximum Gasteiger partial charge on any atom is 0.120 e. The average molecular weight is 178 g/mol. The lowest BCUT2D eigenvalue weighted by Gasteiger charge is -2.22. The van der Waals surface area contributed by atoms with E-state index in [4.69, 9.17) is 11.2 Å². The predicted molar refractivity (Wildman–Crippen MR) is 50.0 cm³/mol. The Morgan fingerprint density at radius 3 is 2.40 bits per heavy atom. The summed E-state index contributed by atoms with van der Waals surface area (Å²) in [6, 6.07) is 0. The van der Waals surface area contributed by atoms with E-state index in [2.05, 4.69) is 13.8 Å². The third-order valence-electron chi connectivity index (χ3n) is 1.64. The zero-order valence-corrected chi connectivity index (χ0v) is 8.35. The summed E-state index contributed by atoms with van der Waals surface area (Å²) in [7, 11) is -0.00295. The topological polar surface area (TPSA) is 17.1 Å². The Balaban J connectivity index is 3.86. The number of carbonyl (C=O) groups excluding carboxylic acids is 1. The molecule has 0 aliphatic rings. The highest BCUT2D eigenvalue weighted by Crippen LogP contribution is 2.17. The van der Waals surface area contributed by atoms with Crippen molar-refractivity contribution in [2.45, 2.75) is 31.4 Å². The molecule has 0 spiro atoms. The molecule has 0 rings (SSSR count). The molecule has 10 heavy (non-hydrogen) atoms. The van der Waals surface area contributed by atoms with Crippen LogP contribution in [0.25, 0.3) is 0 Å². The molecule has 0 fully saturated rings. The van der Waals surface area contributed by atoms with Crippen molar-refractivity contribution in [2.24, 2.45) is 0 Å². The number of hydrogen-bond acceptors (Lipinski definition) is 2. The summed E-state index contributed by atoms with van der Waals surface area (Å²) in [6.07, 6.45) is 4.56. The van der Waals surface area contributed by atoms with Gasteiger partial charge in [-0.15, -0.1) is 9.45 Å². The van der Waals surface area contributed by atoms with Crippen molar-refractivity contribution < 1.29 is 4.79 Å². The van der Waals surface area contributed by atoms with Crippen LogP contribution in [0.5, 0.6) is 0 Å². The summed E-state index contributed by atoms with van der Waals surface area (Å²) in [5.41, 5.74) is 0. The molecule has 1 unspecified atom stereocenters. The Kier molecular flexibility index (Phi) is 4.29. The second-order valence-corrected chi connectivity index (χ2v) is 6.43. The molecule has 0 radical (unpaired) electrons. The van der Waals surface area contributed by atoms with Crippen molar-refractivity contribution in [2.75, 3.05) is 6.26 Å². The van der Waals surface area contributed by atoms with Crippen LogP contribution in [0.1, 0.15) is 26.7 Å². The van der Waals surface area contributed by atoms with Gasteiger partial charge in [0.15, 0.2) is 0 Å². The van der Waals surface area contributed by atoms with Gasteiger partial charge in [0.1, 0.15) is 6.29 Å². The maximum absolute atomic E-state index is 10.0. The maximum atomic E-state index is 10.0. The van der Waals surface area contributed by atoms with Gasteiger partial charge in [-0.25, -0.2) is 0 Å². The number of carbonyl (C=O) groups is 1. The third kappa shape index (κ3) is 3.42. The first-order chi connectivity index (χ1) is 4.50. The van der Waals surface area contributed by atoms with Gasteiger partial charge in [-0.2, -0.15) is 0 Å².